The first-order valence-corrected chi connectivity index (χ1v) is 9.06. The van der Waals surface area contributed by atoms with Crippen molar-refractivity contribution in [2.24, 2.45) is 19.5 Å². The first-order valence-electron chi connectivity index (χ1n) is 9.06. The van der Waals surface area contributed by atoms with E-state index in [9.17, 15) is 19.5 Å². The molecule has 144 valence electrons. The number of carbonyl (C=O) groups is 2. The number of benzene rings is 2. The standard InChI is InChI=1S/C21H21N3O4/c1-23-16-8-7-15(9-17(16)24(2)20(23)28)22-18(25)12-21(19(26)27)10-13-5-3-4-6-14(13)11-21/h3-9H,10-12H2,1-2H3,(H,22,25)(H,26,27). The van der Waals surface area contributed by atoms with Gasteiger partial charge in [0.2, 0.25) is 5.91 Å². The summed E-state index contributed by atoms with van der Waals surface area (Å²) >= 11 is 0. The zero-order chi connectivity index (χ0) is 20.1. The molecule has 2 N–H and O–H groups in total. The van der Waals surface area contributed by atoms with Crippen LogP contribution in [0.25, 0.3) is 11.0 Å². The Hall–Kier alpha value is -3.35. The molecular formula is C21H21N3O4. The van der Waals surface area contributed by atoms with Crippen LogP contribution in [0, 0.1) is 5.41 Å². The number of imidazole rings is 1. The molecule has 0 fully saturated rings. The minimum absolute atomic E-state index is 0.108. The van der Waals surface area contributed by atoms with Crippen molar-refractivity contribution in [3.63, 3.8) is 0 Å². The van der Waals surface area contributed by atoms with Crippen LogP contribution in [-0.4, -0.2) is 26.1 Å². The number of rotatable bonds is 4. The second-order valence-electron chi connectivity index (χ2n) is 7.54. The highest BCUT2D eigenvalue weighted by molar-refractivity contribution is 5.96. The third kappa shape index (κ3) is 2.79. The maximum Gasteiger partial charge on any atom is 0.328 e. The number of carboxylic acid groups (broad SMARTS) is 1. The van der Waals surface area contributed by atoms with Crippen LogP contribution in [-0.2, 0) is 36.5 Å². The minimum Gasteiger partial charge on any atom is -0.481 e. The van der Waals surface area contributed by atoms with E-state index in [-0.39, 0.29) is 18.0 Å². The fraction of sp³-hybridized carbons (Fsp3) is 0.286. The molecule has 1 amide bonds. The van der Waals surface area contributed by atoms with Crippen molar-refractivity contribution < 1.29 is 14.7 Å². The Morgan fingerprint density at radius 1 is 1.04 bits per heavy atom. The third-order valence-electron chi connectivity index (χ3n) is 5.68. The van der Waals surface area contributed by atoms with E-state index in [0.717, 1.165) is 16.6 Å². The van der Waals surface area contributed by atoms with E-state index in [2.05, 4.69) is 5.32 Å². The molecule has 1 aliphatic carbocycles. The number of carboxylic acids is 1. The Kier molecular flexibility index (Phi) is 4.10. The zero-order valence-electron chi connectivity index (χ0n) is 15.7. The topological polar surface area (TPSA) is 93.3 Å². The van der Waals surface area contributed by atoms with Crippen molar-refractivity contribution in [2.45, 2.75) is 19.3 Å². The average molecular weight is 379 g/mol. The van der Waals surface area contributed by atoms with Gasteiger partial charge in [-0.05, 0) is 42.2 Å². The molecule has 1 heterocycles. The number of carbonyl (C=O) groups excluding carboxylic acids is 1. The molecule has 7 heteroatoms. The summed E-state index contributed by atoms with van der Waals surface area (Å²) in [6, 6.07) is 12.8. The lowest BCUT2D eigenvalue weighted by Crippen LogP contribution is -2.36. The Morgan fingerprint density at radius 3 is 2.25 bits per heavy atom. The fourth-order valence-corrected chi connectivity index (χ4v) is 4.14. The summed E-state index contributed by atoms with van der Waals surface area (Å²) in [6.07, 6.45) is 0.582. The molecule has 0 saturated carbocycles. The van der Waals surface area contributed by atoms with Gasteiger partial charge in [-0.2, -0.15) is 0 Å². The molecule has 1 aliphatic rings. The van der Waals surface area contributed by atoms with Crippen molar-refractivity contribution in [3.8, 4) is 0 Å². The van der Waals surface area contributed by atoms with Gasteiger partial charge in [0.05, 0.1) is 16.4 Å². The van der Waals surface area contributed by atoms with E-state index in [0.29, 0.717) is 24.0 Å². The number of hydrogen-bond acceptors (Lipinski definition) is 3. The number of nitrogens with one attached hydrogen (secondary N) is 1. The minimum atomic E-state index is -1.13. The number of aliphatic carboxylic acids is 1. The number of hydrogen-bond donors (Lipinski definition) is 2. The summed E-state index contributed by atoms with van der Waals surface area (Å²) in [5.74, 6) is -1.31. The van der Waals surface area contributed by atoms with Gasteiger partial charge >= 0.3 is 11.7 Å². The zero-order valence-corrected chi connectivity index (χ0v) is 15.7. The van der Waals surface area contributed by atoms with E-state index in [4.69, 9.17) is 0 Å². The second kappa shape index (κ2) is 6.37. The number of amides is 1. The van der Waals surface area contributed by atoms with Crippen molar-refractivity contribution in [1.82, 2.24) is 9.13 Å². The van der Waals surface area contributed by atoms with E-state index in [1.54, 1.807) is 32.3 Å². The lowest BCUT2D eigenvalue weighted by atomic mass is 9.81. The quantitative estimate of drug-likeness (QED) is 0.726. The smallest absolute Gasteiger partial charge is 0.328 e. The van der Waals surface area contributed by atoms with Gasteiger partial charge in [-0.15, -0.1) is 0 Å². The van der Waals surface area contributed by atoms with Crippen LogP contribution >= 0.6 is 0 Å². The molecule has 0 spiro atoms. The summed E-state index contributed by atoms with van der Waals surface area (Å²) in [5.41, 5.74) is 2.70. The summed E-state index contributed by atoms with van der Waals surface area (Å²) < 4.78 is 3.05. The maximum absolute atomic E-state index is 12.7. The molecule has 0 atom stereocenters. The summed E-state index contributed by atoms with van der Waals surface area (Å²) in [7, 11) is 3.36. The number of fused-ring (bicyclic) bond motifs is 2. The Balaban J connectivity index is 1.57. The maximum atomic E-state index is 12.7. The van der Waals surface area contributed by atoms with Crippen LogP contribution in [0.15, 0.2) is 47.3 Å². The highest BCUT2D eigenvalue weighted by Crippen LogP contribution is 2.40. The summed E-state index contributed by atoms with van der Waals surface area (Å²) in [4.78, 5) is 36.7. The Morgan fingerprint density at radius 2 is 1.64 bits per heavy atom. The van der Waals surface area contributed by atoms with Crippen LogP contribution in [0.4, 0.5) is 5.69 Å². The molecule has 0 aliphatic heterocycles. The highest BCUT2D eigenvalue weighted by atomic mass is 16.4. The molecule has 3 aromatic rings. The average Bonchev–Trinajstić information content (AvgIpc) is 3.14. The van der Waals surface area contributed by atoms with Crippen molar-refractivity contribution in [1.29, 1.82) is 0 Å². The van der Waals surface area contributed by atoms with Crippen LogP contribution in [0.3, 0.4) is 0 Å². The van der Waals surface area contributed by atoms with Gasteiger partial charge in [-0.25, -0.2) is 4.79 Å². The molecule has 0 bridgehead atoms. The van der Waals surface area contributed by atoms with Crippen molar-refractivity contribution in [2.75, 3.05) is 5.32 Å². The van der Waals surface area contributed by atoms with Crippen LogP contribution in [0.1, 0.15) is 17.5 Å². The third-order valence-corrected chi connectivity index (χ3v) is 5.68. The highest BCUT2D eigenvalue weighted by Gasteiger charge is 2.45. The van der Waals surface area contributed by atoms with Crippen LogP contribution in [0.2, 0.25) is 0 Å². The predicted molar refractivity (Wildman–Crippen MR) is 105 cm³/mol. The molecule has 0 unspecified atom stereocenters. The van der Waals surface area contributed by atoms with Gasteiger partial charge in [0, 0.05) is 26.2 Å². The molecule has 0 radical (unpaired) electrons. The van der Waals surface area contributed by atoms with E-state index >= 15 is 0 Å². The van der Waals surface area contributed by atoms with E-state index < -0.39 is 11.4 Å². The predicted octanol–water partition coefficient (Wildman–Crippen LogP) is 2.08. The largest absolute Gasteiger partial charge is 0.481 e. The first kappa shape index (κ1) is 18.0. The molecule has 2 aromatic carbocycles. The van der Waals surface area contributed by atoms with Gasteiger partial charge in [0.25, 0.3) is 0 Å². The number of anilines is 1. The lowest BCUT2D eigenvalue weighted by molar-refractivity contribution is -0.150. The second-order valence-corrected chi connectivity index (χ2v) is 7.54. The van der Waals surface area contributed by atoms with Crippen LogP contribution in [0.5, 0.6) is 0 Å². The monoisotopic (exact) mass is 379 g/mol. The number of nitrogens with zero attached hydrogens (tertiary/aromatic N) is 2. The number of aryl methyl sites for hydroxylation is 2. The van der Waals surface area contributed by atoms with E-state index in [1.807, 2.05) is 24.3 Å². The molecular weight excluding hydrogens is 358 g/mol. The SMILES string of the molecule is Cn1c(=O)n(C)c2cc(NC(=O)CC3(C(=O)O)Cc4ccccc4C3)ccc21. The fourth-order valence-electron chi connectivity index (χ4n) is 4.14. The lowest BCUT2D eigenvalue weighted by Gasteiger charge is -2.23. The Bertz CT molecular complexity index is 1150. The van der Waals surface area contributed by atoms with E-state index in [1.165, 1.54) is 9.13 Å². The van der Waals surface area contributed by atoms with Gasteiger partial charge in [-0.3, -0.25) is 18.7 Å². The molecule has 7 nitrogen and oxygen atoms in total. The molecule has 1 aromatic heterocycles. The molecule has 4 rings (SSSR count). The van der Waals surface area contributed by atoms with Crippen molar-refractivity contribution >= 4 is 28.6 Å². The first-order chi connectivity index (χ1) is 13.3. The van der Waals surface area contributed by atoms with Crippen LogP contribution < -0.4 is 11.0 Å². The number of aromatic nitrogens is 2. The summed E-state index contributed by atoms with van der Waals surface area (Å²) in [6.45, 7) is 0. The molecule has 28 heavy (non-hydrogen) atoms. The summed E-state index contributed by atoms with van der Waals surface area (Å²) in [5, 5.41) is 12.6. The normalized spacial score (nSPS) is 14.8. The van der Waals surface area contributed by atoms with Gasteiger partial charge in [0.15, 0.2) is 0 Å². The van der Waals surface area contributed by atoms with Crippen molar-refractivity contribution in [3.05, 3.63) is 64.1 Å². The van der Waals surface area contributed by atoms with Gasteiger partial charge < -0.3 is 10.4 Å². The van der Waals surface area contributed by atoms with Gasteiger partial charge in [0.1, 0.15) is 0 Å². The van der Waals surface area contributed by atoms with Gasteiger partial charge in [-0.1, -0.05) is 24.3 Å². The Labute approximate surface area is 161 Å². The molecule has 0 saturated heterocycles.